The fraction of sp³-hybridized carbons (Fsp3) is 0. The lowest BCUT2D eigenvalue weighted by Gasteiger charge is -2.09. The van der Waals surface area contributed by atoms with Crippen molar-refractivity contribution in [3.05, 3.63) is 58.1 Å². The largest absolute Gasteiger partial charge is 0.316 e. The lowest BCUT2D eigenvalue weighted by Crippen LogP contribution is -2.29. The van der Waals surface area contributed by atoms with Crippen LogP contribution in [-0.4, -0.2) is 11.8 Å². The number of rotatable bonds is 2. The summed E-state index contributed by atoms with van der Waals surface area (Å²) in [7, 11) is 0. The third kappa shape index (κ3) is 3.72. The molecule has 0 heterocycles. The number of nitrogens with one attached hydrogen (secondary N) is 2. The Morgan fingerprint density at radius 3 is 2.23 bits per heavy atom. The van der Waals surface area contributed by atoms with E-state index in [4.69, 9.17) is 23.2 Å². The summed E-state index contributed by atoms with van der Waals surface area (Å²) < 4.78 is 26.4. The Balaban J connectivity index is 2.11. The van der Waals surface area contributed by atoms with Crippen molar-refractivity contribution in [2.75, 3.05) is 10.6 Å². The van der Waals surface area contributed by atoms with Gasteiger partial charge >= 0.3 is 11.8 Å². The van der Waals surface area contributed by atoms with Crippen LogP contribution in [0.2, 0.25) is 10.0 Å². The molecule has 4 nitrogen and oxygen atoms in total. The number of hydrogen-bond donors (Lipinski definition) is 2. The van der Waals surface area contributed by atoms with Crippen molar-refractivity contribution in [3.8, 4) is 0 Å². The number of anilines is 2. The van der Waals surface area contributed by atoms with Gasteiger partial charge in [-0.25, -0.2) is 8.78 Å². The van der Waals surface area contributed by atoms with Crippen molar-refractivity contribution < 1.29 is 18.4 Å². The molecule has 22 heavy (non-hydrogen) atoms. The van der Waals surface area contributed by atoms with Gasteiger partial charge in [0.2, 0.25) is 0 Å². The van der Waals surface area contributed by atoms with Crippen LogP contribution in [0, 0.1) is 11.6 Å². The Hall–Kier alpha value is -2.18. The summed E-state index contributed by atoms with van der Waals surface area (Å²) in [6.45, 7) is 0. The zero-order chi connectivity index (χ0) is 16.3. The molecule has 0 aromatic heterocycles. The highest BCUT2D eigenvalue weighted by molar-refractivity contribution is 6.47. The standard InChI is InChI=1S/C14H8Cl2F2N2O2/c15-8-2-1-3-10(12(8)16)19-13(21)14(22)20-11-6-7(17)4-5-9(11)18/h1-6H,(H,19,21)(H,20,22). The first kappa shape index (κ1) is 16.2. The second kappa shape index (κ2) is 6.72. The van der Waals surface area contributed by atoms with E-state index < -0.39 is 29.1 Å². The van der Waals surface area contributed by atoms with Crippen LogP contribution >= 0.6 is 23.2 Å². The number of hydrogen-bond acceptors (Lipinski definition) is 2. The number of halogens is 4. The van der Waals surface area contributed by atoms with Crippen molar-refractivity contribution in [1.29, 1.82) is 0 Å². The number of benzene rings is 2. The highest BCUT2D eigenvalue weighted by Crippen LogP contribution is 2.29. The average molecular weight is 345 g/mol. The maximum absolute atomic E-state index is 13.4. The van der Waals surface area contributed by atoms with Gasteiger partial charge in [0.05, 0.1) is 21.4 Å². The van der Waals surface area contributed by atoms with E-state index in [-0.39, 0.29) is 15.7 Å². The topological polar surface area (TPSA) is 58.2 Å². The Morgan fingerprint density at radius 1 is 0.909 bits per heavy atom. The SMILES string of the molecule is O=C(Nc1cc(F)ccc1F)C(=O)Nc1cccc(Cl)c1Cl. The van der Waals surface area contributed by atoms with E-state index >= 15 is 0 Å². The molecule has 114 valence electrons. The van der Waals surface area contributed by atoms with E-state index in [1.807, 2.05) is 5.32 Å². The first-order valence-electron chi connectivity index (χ1n) is 5.90. The molecule has 0 saturated carbocycles. The lowest BCUT2D eigenvalue weighted by molar-refractivity contribution is -0.133. The smallest absolute Gasteiger partial charge is 0.314 e. The van der Waals surface area contributed by atoms with Crippen LogP contribution in [0.4, 0.5) is 20.2 Å². The second-order valence-corrected chi connectivity index (χ2v) is 4.92. The van der Waals surface area contributed by atoms with Crippen molar-refractivity contribution in [3.63, 3.8) is 0 Å². The summed E-state index contributed by atoms with van der Waals surface area (Å²) in [5.74, 6) is -3.91. The summed E-state index contributed by atoms with van der Waals surface area (Å²) in [6, 6.07) is 6.93. The molecule has 8 heteroatoms. The van der Waals surface area contributed by atoms with E-state index in [0.29, 0.717) is 0 Å². The summed E-state index contributed by atoms with van der Waals surface area (Å²) in [6.07, 6.45) is 0. The van der Waals surface area contributed by atoms with Crippen LogP contribution in [0.5, 0.6) is 0 Å². The normalized spacial score (nSPS) is 10.2. The second-order valence-electron chi connectivity index (χ2n) is 4.13. The third-order valence-electron chi connectivity index (χ3n) is 2.58. The van der Waals surface area contributed by atoms with Gasteiger partial charge in [0, 0.05) is 6.07 Å². The maximum atomic E-state index is 13.4. The Bertz CT molecular complexity index is 740. The summed E-state index contributed by atoms with van der Waals surface area (Å²) >= 11 is 11.6. The molecule has 0 fully saturated rings. The fourth-order valence-electron chi connectivity index (χ4n) is 1.55. The van der Waals surface area contributed by atoms with Crippen LogP contribution in [0.1, 0.15) is 0 Å². The molecule has 0 aliphatic heterocycles. The molecule has 0 bridgehead atoms. The van der Waals surface area contributed by atoms with Gasteiger partial charge in [0.15, 0.2) is 0 Å². The van der Waals surface area contributed by atoms with Crippen LogP contribution in [0.15, 0.2) is 36.4 Å². The molecule has 2 aromatic rings. The summed E-state index contributed by atoms with van der Waals surface area (Å²) in [4.78, 5) is 23.4. The molecule has 2 rings (SSSR count). The lowest BCUT2D eigenvalue weighted by atomic mass is 10.3. The minimum atomic E-state index is -1.18. The molecule has 2 aromatic carbocycles. The van der Waals surface area contributed by atoms with Gasteiger partial charge in [0.1, 0.15) is 11.6 Å². The van der Waals surface area contributed by atoms with E-state index in [9.17, 15) is 18.4 Å². The monoisotopic (exact) mass is 344 g/mol. The van der Waals surface area contributed by atoms with E-state index in [0.717, 1.165) is 18.2 Å². The predicted octanol–water partition coefficient (Wildman–Crippen LogP) is 3.85. The molecule has 0 aliphatic carbocycles. The number of carbonyl (C=O) groups is 2. The highest BCUT2D eigenvalue weighted by atomic mass is 35.5. The first-order valence-corrected chi connectivity index (χ1v) is 6.65. The van der Waals surface area contributed by atoms with Gasteiger partial charge in [0.25, 0.3) is 0 Å². The molecule has 0 spiro atoms. The van der Waals surface area contributed by atoms with Crippen LogP contribution in [-0.2, 0) is 9.59 Å². The van der Waals surface area contributed by atoms with Crippen molar-refractivity contribution in [1.82, 2.24) is 0 Å². The minimum Gasteiger partial charge on any atom is -0.316 e. The van der Waals surface area contributed by atoms with Crippen LogP contribution in [0.25, 0.3) is 0 Å². The van der Waals surface area contributed by atoms with Crippen molar-refractivity contribution >= 4 is 46.4 Å². The first-order chi connectivity index (χ1) is 10.4. The zero-order valence-corrected chi connectivity index (χ0v) is 12.3. The van der Waals surface area contributed by atoms with Gasteiger partial charge in [-0.05, 0) is 24.3 Å². The van der Waals surface area contributed by atoms with Gasteiger partial charge < -0.3 is 10.6 Å². The van der Waals surface area contributed by atoms with Gasteiger partial charge in [-0.1, -0.05) is 29.3 Å². The molecule has 0 radical (unpaired) electrons. The van der Waals surface area contributed by atoms with Crippen molar-refractivity contribution in [2.45, 2.75) is 0 Å². The quantitative estimate of drug-likeness (QED) is 0.813. The minimum absolute atomic E-state index is 0.0576. The molecule has 2 N–H and O–H groups in total. The van der Waals surface area contributed by atoms with E-state index in [1.165, 1.54) is 18.2 Å². The molecule has 0 saturated heterocycles. The van der Waals surface area contributed by atoms with E-state index in [1.54, 1.807) is 0 Å². The Kier molecular flexibility index (Phi) is 4.95. The number of carbonyl (C=O) groups excluding carboxylic acids is 2. The molecular formula is C14H8Cl2F2N2O2. The fourth-order valence-corrected chi connectivity index (χ4v) is 1.90. The predicted molar refractivity (Wildman–Crippen MR) is 80.1 cm³/mol. The maximum Gasteiger partial charge on any atom is 0.314 e. The molecule has 0 atom stereocenters. The molecule has 0 aliphatic rings. The Labute approximate surface area is 134 Å². The van der Waals surface area contributed by atoms with E-state index in [2.05, 4.69) is 5.32 Å². The van der Waals surface area contributed by atoms with Crippen LogP contribution < -0.4 is 10.6 Å². The summed E-state index contributed by atoms with van der Waals surface area (Å²) in [5, 5.41) is 4.43. The van der Waals surface area contributed by atoms with Crippen LogP contribution in [0.3, 0.4) is 0 Å². The number of amides is 2. The van der Waals surface area contributed by atoms with Crippen molar-refractivity contribution in [2.24, 2.45) is 0 Å². The zero-order valence-electron chi connectivity index (χ0n) is 10.8. The Morgan fingerprint density at radius 2 is 1.55 bits per heavy atom. The van der Waals surface area contributed by atoms with Gasteiger partial charge in [-0.2, -0.15) is 0 Å². The van der Waals surface area contributed by atoms with Gasteiger partial charge in [-0.15, -0.1) is 0 Å². The summed E-state index contributed by atoms with van der Waals surface area (Å²) in [5.41, 5.74) is -0.327. The molecule has 2 amide bonds. The molecular weight excluding hydrogens is 337 g/mol. The third-order valence-corrected chi connectivity index (χ3v) is 3.40. The molecule has 0 unspecified atom stereocenters. The average Bonchev–Trinajstić information content (AvgIpc) is 2.47. The highest BCUT2D eigenvalue weighted by Gasteiger charge is 2.18. The van der Waals surface area contributed by atoms with Gasteiger partial charge in [-0.3, -0.25) is 9.59 Å².